The molecule has 18 heavy (non-hydrogen) atoms. The molecule has 1 atom stereocenters. The lowest BCUT2D eigenvalue weighted by atomic mass is 10.2. The molecule has 0 saturated heterocycles. The predicted octanol–water partition coefficient (Wildman–Crippen LogP) is 1.83. The number of methoxy groups -OCH3 is 1. The van der Waals surface area contributed by atoms with Crippen LogP contribution in [0.15, 0.2) is 18.2 Å². The number of hydrogen-bond acceptors (Lipinski definition) is 3. The largest absolute Gasteiger partial charge is 0.494 e. The first-order chi connectivity index (χ1) is 8.60. The van der Waals surface area contributed by atoms with Gasteiger partial charge in [0.05, 0.1) is 18.5 Å². The second-order valence-electron chi connectivity index (χ2n) is 3.94. The molecular weight excluding hydrogens is 254 g/mol. The summed E-state index contributed by atoms with van der Waals surface area (Å²) in [6.07, 6.45) is 0. The first kappa shape index (κ1) is 12.7. The van der Waals surface area contributed by atoms with Crippen LogP contribution in [-0.4, -0.2) is 22.6 Å². The van der Waals surface area contributed by atoms with Gasteiger partial charge in [0, 0.05) is 0 Å². The Kier molecular flexibility index (Phi) is 3.43. The first-order valence-electron chi connectivity index (χ1n) is 5.49. The molecule has 2 rings (SSSR count). The Morgan fingerprint density at radius 3 is 2.89 bits per heavy atom. The molecular formula is C12H14ClN3O2. The van der Waals surface area contributed by atoms with Gasteiger partial charge in [0.1, 0.15) is 23.1 Å². The van der Waals surface area contributed by atoms with Crippen molar-refractivity contribution in [1.82, 2.24) is 9.55 Å². The van der Waals surface area contributed by atoms with Gasteiger partial charge in [-0.15, -0.1) is 11.6 Å². The minimum absolute atomic E-state index is 0.204. The maximum absolute atomic E-state index is 11.4. The van der Waals surface area contributed by atoms with E-state index in [4.69, 9.17) is 22.1 Å². The van der Waals surface area contributed by atoms with Crippen molar-refractivity contribution in [2.24, 2.45) is 5.73 Å². The fourth-order valence-corrected chi connectivity index (χ4v) is 2.15. The fraction of sp³-hybridized carbons (Fsp3) is 0.333. The van der Waals surface area contributed by atoms with Gasteiger partial charge in [-0.1, -0.05) is 6.07 Å². The minimum Gasteiger partial charge on any atom is -0.494 e. The van der Waals surface area contributed by atoms with Crippen LogP contribution in [0.2, 0.25) is 0 Å². The number of fused-ring (bicyclic) bond motifs is 1. The summed E-state index contributed by atoms with van der Waals surface area (Å²) in [5, 5.41) is 0. The fourth-order valence-electron chi connectivity index (χ4n) is 1.96. The Morgan fingerprint density at radius 2 is 2.33 bits per heavy atom. The smallest absolute Gasteiger partial charge is 0.240 e. The van der Waals surface area contributed by atoms with Crippen molar-refractivity contribution in [3.05, 3.63) is 24.0 Å². The van der Waals surface area contributed by atoms with Crippen molar-refractivity contribution in [3.63, 3.8) is 0 Å². The third kappa shape index (κ3) is 1.90. The number of benzene rings is 1. The van der Waals surface area contributed by atoms with Gasteiger partial charge in [-0.2, -0.15) is 0 Å². The average Bonchev–Trinajstić information content (AvgIpc) is 2.75. The number of amides is 1. The number of nitrogens with two attached hydrogens (primary N) is 1. The van der Waals surface area contributed by atoms with Crippen molar-refractivity contribution in [1.29, 1.82) is 0 Å². The molecule has 0 bridgehead atoms. The van der Waals surface area contributed by atoms with Crippen LogP contribution in [0.25, 0.3) is 11.0 Å². The number of rotatable bonds is 4. The average molecular weight is 268 g/mol. The highest BCUT2D eigenvalue weighted by Gasteiger charge is 2.20. The van der Waals surface area contributed by atoms with Crippen LogP contribution in [0.1, 0.15) is 18.8 Å². The number of ether oxygens (including phenoxy) is 1. The molecule has 1 heterocycles. The normalized spacial score (nSPS) is 12.6. The molecule has 2 aromatic rings. The van der Waals surface area contributed by atoms with Crippen LogP contribution in [0.3, 0.4) is 0 Å². The number of alkyl halides is 1. The molecule has 0 spiro atoms. The zero-order valence-corrected chi connectivity index (χ0v) is 10.9. The summed E-state index contributed by atoms with van der Waals surface area (Å²) >= 11 is 5.87. The van der Waals surface area contributed by atoms with Crippen molar-refractivity contribution in [2.45, 2.75) is 18.8 Å². The van der Waals surface area contributed by atoms with Crippen molar-refractivity contribution in [2.75, 3.05) is 7.11 Å². The standard InChI is InChI=1S/C12H14ClN3O2/c1-7(12(14)17)16-8-4-3-5-9(18-2)11(8)15-10(16)6-13/h3-5,7H,6H2,1-2H3,(H2,14,17). The summed E-state index contributed by atoms with van der Waals surface area (Å²) in [5.41, 5.74) is 6.82. The second kappa shape index (κ2) is 4.86. The van der Waals surface area contributed by atoms with Gasteiger partial charge >= 0.3 is 0 Å². The lowest BCUT2D eigenvalue weighted by Gasteiger charge is -2.13. The number of aromatic nitrogens is 2. The molecule has 2 N–H and O–H groups in total. The molecule has 0 aliphatic carbocycles. The van der Waals surface area contributed by atoms with Gasteiger partial charge in [-0.05, 0) is 19.1 Å². The van der Waals surface area contributed by atoms with Gasteiger partial charge in [0.2, 0.25) is 5.91 Å². The maximum Gasteiger partial charge on any atom is 0.240 e. The van der Waals surface area contributed by atoms with E-state index in [9.17, 15) is 4.79 Å². The van der Waals surface area contributed by atoms with Crippen LogP contribution in [0.4, 0.5) is 0 Å². The van der Waals surface area contributed by atoms with Gasteiger partial charge in [-0.3, -0.25) is 4.79 Å². The molecule has 0 aliphatic heterocycles. The number of carbonyl (C=O) groups is 1. The van der Waals surface area contributed by atoms with Gasteiger partial charge < -0.3 is 15.0 Å². The molecule has 0 fully saturated rings. The molecule has 1 aromatic heterocycles. The molecule has 96 valence electrons. The Balaban J connectivity index is 2.74. The van der Waals surface area contributed by atoms with E-state index in [1.165, 1.54) is 0 Å². The van der Waals surface area contributed by atoms with Crippen LogP contribution in [0, 0.1) is 0 Å². The minimum atomic E-state index is -0.504. The monoisotopic (exact) mass is 267 g/mol. The quantitative estimate of drug-likeness (QED) is 0.859. The zero-order chi connectivity index (χ0) is 13.3. The van der Waals surface area contributed by atoms with Crippen LogP contribution < -0.4 is 10.5 Å². The number of imidazole rings is 1. The summed E-state index contributed by atoms with van der Waals surface area (Å²) in [6, 6.07) is 5.01. The molecule has 5 nitrogen and oxygen atoms in total. The van der Waals surface area contributed by atoms with E-state index in [0.717, 1.165) is 5.52 Å². The molecule has 6 heteroatoms. The highest BCUT2D eigenvalue weighted by molar-refractivity contribution is 6.17. The number of para-hydroxylation sites is 1. The third-order valence-electron chi connectivity index (χ3n) is 2.89. The van der Waals surface area contributed by atoms with Crippen molar-refractivity contribution in [3.8, 4) is 5.75 Å². The highest BCUT2D eigenvalue weighted by Crippen LogP contribution is 2.28. The van der Waals surface area contributed by atoms with Gasteiger partial charge in [-0.25, -0.2) is 4.98 Å². The van der Waals surface area contributed by atoms with E-state index in [-0.39, 0.29) is 5.88 Å². The van der Waals surface area contributed by atoms with Gasteiger partial charge in [0.15, 0.2) is 0 Å². The lowest BCUT2D eigenvalue weighted by Crippen LogP contribution is -2.25. The van der Waals surface area contributed by atoms with E-state index in [0.29, 0.717) is 17.1 Å². The summed E-state index contributed by atoms with van der Waals surface area (Å²) in [5.74, 6) is 1.02. The van der Waals surface area contributed by atoms with E-state index in [1.54, 1.807) is 18.6 Å². The summed E-state index contributed by atoms with van der Waals surface area (Å²) in [4.78, 5) is 15.8. The van der Waals surface area contributed by atoms with E-state index in [2.05, 4.69) is 4.98 Å². The molecule has 1 amide bonds. The molecule has 0 aliphatic rings. The van der Waals surface area contributed by atoms with Gasteiger partial charge in [0.25, 0.3) is 0 Å². The maximum atomic E-state index is 11.4. The zero-order valence-electron chi connectivity index (χ0n) is 10.2. The Morgan fingerprint density at radius 1 is 1.61 bits per heavy atom. The summed E-state index contributed by atoms with van der Waals surface area (Å²) < 4.78 is 6.99. The first-order valence-corrected chi connectivity index (χ1v) is 6.02. The lowest BCUT2D eigenvalue weighted by molar-refractivity contribution is -0.120. The van der Waals surface area contributed by atoms with E-state index < -0.39 is 11.9 Å². The number of halogens is 1. The van der Waals surface area contributed by atoms with Crippen molar-refractivity contribution < 1.29 is 9.53 Å². The Bertz CT molecular complexity index is 594. The van der Waals surface area contributed by atoms with E-state index in [1.807, 2.05) is 18.2 Å². The SMILES string of the molecule is COc1cccc2c1nc(CCl)n2C(C)C(N)=O. The predicted molar refractivity (Wildman–Crippen MR) is 69.7 cm³/mol. The Hall–Kier alpha value is -1.75. The summed E-state index contributed by atoms with van der Waals surface area (Å²) in [6.45, 7) is 1.72. The number of primary amides is 1. The van der Waals surface area contributed by atoms with E-state index >= 15 is 0 Å². The third-order valence-corrected chi connectivity index (χ3v) is 3.13. The van der Waals surface area contributed by atoms with Crippen LogP contribution in [-0.2, 0) is 10.7 Å². The molecule has 0 radical (unpaired) electrons. The van der Waals surface area contributed by atoms with Crippen molar-refractivity contribution >= 4 is 28.5 Å². The van der Waals surface area contributed by atoms with Crippen LogP contribution >= 0.6 is 11.6 Å². The number of hydrogen-bond donors (Lipinski definition) is 1. The number of nitrogens with zero attached hydrogens (tertiary/aromatic N) is 2. The molecule has 1 aromatic carbocycles. The highest BCUT2D eigenvalue weighted by atomic mass is 35.5. The number of carbonyl (C=O) groups excluding carboxylic acids is 1. The second-order valence-corrected chi connectivity index (χ2v) is 4.21. The molecule has 1 unspecified atom stereocenters. The topological polar surface area (TPSA) is 70.1 Å². The van der Waals surface area contributed by atoms with Crippen LogP contribution in [0.5, 0.6) is 5.75 Å². The Labute approximate surface area is 109 Å². The summed E-state index contributed by atoms with van der Waals surface area (Å²) in [7, 11) is 1.58. The molecule has 0 saturated carbocycles.